The van der Waals surface area contributed by atoms with E-state index >= 15 is 0 Å². The minimum atomic E-state index is 0.125. The third-order valence-electron chi connectivity index (χ3n) is 2.93. The maximum Gasteiger partial charge on any atom is 0.167 e. The van der Waals surface area contributed by atoms with E-state index in [2.05, 4.69) is 0 Å². The fraction of sp³-hybridized carbons (Fsp3) is 0.188. The second kappa shape index (κ2) is 5.36. The summed E-state index contributed by atoms with van der Waals surface area (Å²) in [6.07, 6.45) is 0.433. The molecule has 2 rings (SSSR count). The van der Waals surface area contributed by atoms with Crippen molar-refractivity contribution in [1.82, 2.24) is 0 Å². The summed E-state index contributed by atoms with van der Waals surface area (Å²) in [5.41, 5.74) is 3.88. The molecule has 0 aliphatic rings. The Morgan fingerprint density at radius 1 is 1.11 bits per heavy atom. The average Bonchev–Trinajstić information content (AvgIpc) is 2.32. The zero-order chi connectivity index (χ0) is 13.1. The summed E-state index contributed by atoms with van der Waals surface area (Å²) in [5.74, 6) is 0.125. The van der Waals surface area contributed by atoms with Crippen molar-refractivity contribution in [3.8, 4) is 0 Å². The molecule has 18 heavy (non-hydrogen) atoms. The zero-order valence-corrected chi connectivity index (χ0v) is 11.3. The lowest BCUT2D eigenvalue weighted by molar-refractivity contribution is 0.0993. The molecule has 0 radical (unpaired) electrons. The van der Waals surface area contributed by atoms with Crippen LogP contribution < -0.4 is 0 Å². The maximum atomic E-state index is 12.1. The summed E-state index contributed by atoms with van der Waals surface area (Å²) in [7, 11) is 0. The van der Waals surface area contributed by atoms with Crippen molar-refractivity contribution in [2.24, 2.45) is 0 Å². The summed E-state index contributed by atoms with van der Waals surface area (Å²) in [5, 5.41) is 0.696. The molecule has 0 unspecified atom stereocenters. The van der Waals surface area contributed by atoms with E-state index in [1.807, 2.05) is 44.2 Å². The molecule has 0 fully saturated rings. The van der Waals surface area contributed by atoms with E-state index in [4.69, 9.17) is 11.6 Å². The van der Waals surface area contributed by atoms with Gasteiger partial charge in [0.05, 0.1) is 0 Å². The lowest BCUT2D eigenvalue weighted by Crippen LogP contribution is -2.04. The van der Waals surface area contributed by atoms with Crippen LogP contribution in [0.5, 0.6) is 0 Å². The summed E-state index contributed by atoms with van der Waals surface area (Å²) in [4.78, 5) is 12.1. The number of rotatable bonds is 3. The smallest absolute Gasteiger partial charge is 0.167 e. The molecule has 0 saturated carbocycles. The van der Waals surface area contributed by atoms with Crippen LogP contribution in [-0.4, -0.2) is 5.78 Å². The van der Waals surface area contributed by atoms with Crippen molar-refractivity contribution in [2.75, 3.05) is 0 Å². The van der Waals surface area contributed by atoms with Gasteiger partial charge in [0.1, 0.15) is 0 Å². The topological polar surface area (TPSA) is 17.1 Å². The lowest BCUT2D eigenvalue weighted by atomic mass is 10.0. The van der Waals surface area contributed by atoms with Gasteiger partial charge in [0, 0.05) is 17.0 Å². The lowest BCUT2D eigenvalue weighted by Gasteiger charge is -2.05. The molecule has 0 amide bonds. The van der Waals surface area contributed by atoms with Gasteiger partial charge in [-0.05, 0) is 43.2 Å². The molecule has 0 spiro atoms. The van der Waals surface area contributed by atoms with Crippen LogP contribution in [0.3, 0.4) is 0 Å². The molecule has 0 saturated heterocycles. The number of halogens is 1. The van der Waals surface area contributed by atoms with Gasteiger partial charge in [-0.25, -0.2) is 0 Å². The maximum absolute atomic E-state index is 12.1. The molecule has 0 N–H and O–H groups in total. The Kier molecular flexibility index (Phi) is 3.83. The first-order chi connectivity index (χ1) is 8.56. The standard InChI is InChI=1S/C16H15ClO/c1-11-4-3-5-13(8-11)10-16(18)14-6-7-15(17)12(2)9-14/h3-9H,10H2,1-2H3. The molecule has 0 bridgehead atoms. The highest BCUT2D eigenvalue weighted by Gasteiger charge is 2.08. The Morgan fingerprint density at radius 3 is 2.56 bits per heavy atom. The highest BCUT2D eigenvalue weighted by atomic mass is 35.5. The van der Waals surface area contributed by atoms with Crippen LogP contribution in [0.2, 0.25) is 5.02 Å². The highest BCUT2D eigenvalue weighted by Crippen LogP contribution is 2.18. The van der Waals surface area contributed by atoms with Gasteiger partial charge in [-0.15, -0.1) is 0 Å². The van der Waals surface area contributed by atoms with Gasteiger partial charge in [-0.1, -0.05) is 41.4 Å². The number of carbonyl (C=O) groups is 1. The largest absolute Gasteiger partial charge is 0.294 e. The highest BCUT2D eigenvalue weighted by molar-refractivity contribution is 6.31. The van der Waals surface area contributed by atoms with Gasteiger partial charge in [-0.2, -0.15) is 0 Å². The summed E-state index contributed by atoms with van der Waals surface area (Å²) >= 11 is 5.96. The molecular formula is C16H15ClO. The molecule has 92 valence electrons. The minimum absolute atomic E-state index is 0.125. The van der Waals surface area contributed by atoms with Crippen LogP contribution in [0.15, 0.2) is 42.5 Å². The summed E-state index contributed by atoms with van der Waals surface area (Å²) in [6, 6.07) is 13.4. The minimum Gasteiger partial charge on any atom is -0.294 e. The van der Waals surface area contributed by atoms with E-state index in [1.165, 1.54) is 5.56 Å². The van der Waals surface area contributed by atoms with Crippen LogP contribution in [0.4, 0.5) is 0 Å². The third-order valence-corrected chi connectivity index (χ3v) is 3.35. The second-order valence-electron chi connectivity index (χ2n) is 4.55. The molecule has 2 aromatic carbocycles. The van der Waals surface area contributed by atoms with E-state index < -0.39 is 0 Å². The van der Waals surface area contributed by atoms with E-state index in [9.17, 15) is 4.79 Å². The number of Topliss-reactive ketones (excluding diaryl/α,β-unsaturated/α-hetero) is 1. The Balaban J connectivity index is 2.19. The Morgan fingerprint density at radius 2 is 1.89 bits per heavy atom. The predicted octanol–water partition coefficient (Wildman–Crippen LogP) is 4.38. The Labute approximate surface area is 112 Å². The number of benzene rings is 2. The first kappa shape index (κ1) is 12.8. The van der Waals surface area contributed by atoms with Gasteiger partial charge < -0.3 is 0 Å². The summed E-state index contributed by atoms with van der Waals surface area (Å²) in [6.45, 7) is 3.94. The number of hydrogen-bond donors (Lipinski definition) is 0. The fourth-order valence-corrected chi connectivity index (χ4v) is 2.05. The predicted molar refractivity (Wildman–Crippen MR) is 75.4 cm³/mol. The number of ketones is 1. The average molecular weight is 259 g/mol. The second-order valence-corrected chi connectivity index (χ2v) is 4.96. The van der Waals surface area contributed by atoms with Crippen molar-refractivity contribution in [2.45, 2.75) is 20.3 Å². The zero-order valence-electron chi connectivity index (χ0n) is 10.5. The van der Waals surface area contributed by atoms with Crippen molar-refractivity contribution >= 4 is 17.4 Å². The molecule has 2 aromatic rings. The van der Waals surface area contributed by atoms with Gasteiger partial charge in [0.2, 0.25) is 0 Å². The molecule has 2 heteroatoms. The van der Waals surface area contributed by atoms with E-state index in [0.29, 0.717) is 11.4 Å². The van der Waals surface area contributed by atoms with Crippen LogP contribution >= 0.6 is 11.6 Å². The van der Waals surface area contributed by atoms with E-state index in [1.54, 1.807) is 12.1 Å². The van der Waals surface area contributed by atoms with Crippen molar-refractivity contribution in [3.63, 3.8) is 0 Å². The molecule has 0 heterocycles. The van der Waals surface area contributed by atoms with E-state index in [0.717, 1.165) is 16.7 Å². The monoisotopic (exact) mass is 258 g/mol. The van der Waals surface area contributed by atoms with Gasteiger partial charge in [0.15, 0.2) is 5.78 Å². The Hall–Kier alpha value is -1.60. The van der Waals surface area contributed by atoms with Crippen LogP contribution in [-0.2, 0) is 6.42 Å². The van der Waals surface area contributed by atoms with E-state index in [-0.39, 0.29) is 5.78 Å². The van der Waals surface area contributed by atoms with Crippen LogP contribution in [0.25, 0.3) is 0 Å². The number of carbonyl (C=O) groups excluding carboxylic acids is 1. The first-order valence-electron chi connectivity index (χ1n) is 5.91. The normalized spacial score (nSPS) is 10.4. The molecule has 1 nitrogen and oxygen atoms in total. The van der Waals surface area contributed by atoms with Crippen molar-refractivity contribution in [1.29, 1.82) is 0 Å². The van der Waals surface area contributed by atoms with Gasteiger partial charge >= 0.3 is 0 Å². The third kappa shape index (κ3) is 2.99. The summed E-state index contributed by atoms with van der Waals surface area (Å²) < 4.78 is 0. The van der Waals surface area contributed by atoms with Crippen LogP contribution in [0, 0.1) is 13.8 Å². The molecular weight excluding hydrogens is 244 g/mol. The van der Waals surface area contributed by atoms with Gasteiger partial charge in [0.25, 0.3) is 0 Å². The molecule has 0 aromatic heterocycles. The first-order valence-corrected chi connectivity index (χ1v) is 6.29. The molecule has 0 atom stereocenters. The van der Waals surface area contributed by atoms with Gasteiger partial charge in [-0.3, -0.25) is 4.79 Å². The van der Waals surface area contributed by atoms with Crippen LogP contribution in [0.1, 0.15) is 27.0 Å². The molecule has 0 aliphatic carbocycles. The van der Waals surface area contributed by atoms with Crippen molar-refractivity contribution < 1.29 is 4.79 Å². The fourth-order valence-electron chi connectivity index (χ4n) is 1.93. The SMILES string of the molecule is Cc1cccc(CC(=O)c2ccc(Cl)c(C)c2)c1. The Bertz CT molecular complexity index is 587. The van der Waals surface area contributed by atoms with Crippen molar-refractivity contribution in [3.05, 3.63) is 69.7 Å². The number of hydrogen-bond acceptors (Lipinski definition) is 1. The number of aryl methyl sites for hydroxylation is 2. The molecule has 0 aliphatic heterocycles. The quantitative estimate of drug-likeness (QED) is 0.747.